The molecule has 0 saturated carbocycles. The Kier molecular flexibility index (Phi) is 6.15. The van der Waals surface area contributed by atoms with Gasteiger partial charge in [0.25, 0.3) is 0 Å². The second kappa shape index (κ2) is 9.14. The van der Waals surface area contributed by atoms with Crippen LogP contribution in [-0.2, 0) is 0 Å². The topological polar surface area (TPSA) is 9.23 Å². The van der Waals surface area contributed by atoms with Crippen LogP contribution in [0.5, 0.6) is 5.75 Å². The molecular weight excluding hydrogens is 549 g/mol. The SMILES string of the molecule is COc1c(F)c(F)c(-c2c3cc(F)ccc3c(-c3ccc(F)c(F)c3)c3c(F)c(F)c(F)c(F)c23)c(F)c1F. The van der Waals surface area contributed by atoms with E-state index in [0.717, 1.165) is 18.2 Å². The minimum atomic E-state index is -2.48. The summed E-state index contributed by atoms with van der Waals surface area (Å²) in [5, 5.41) is -3.98. The van der Waals surface area contributed by atoms with Crippen molar-refractivity contribution < 1.29 is 53.0 Å². The standard InChI is InChI=1S/C27H9F11O/c1-39-27-25(37)21(33)18(22(34)26(27)38)15-11-7-9(28)3-4-10(11)14(8-2-5-12(29)13(30)6-8)16-17(15)20(32)24(36)23(35)19(16)31/h2-7H,1H3. The first-order valence-electron chi connectivity index (χ1n) is 10.7. The number of ether oxygens (including phenoxy) is 1. The van der Waals surface area contributed by atoms with Crippen molar-refractivity contribution in [3.8, 4) is 28.0 Å². The summed E-state index contributed by atoms with van der Waals surface area (Å²) in [4.78, 5) is 0. The summed E-state index contributed by atoms with van der Waals surface area (Å²) in [5.74, 6) is -23.6. The van der Waals surface area contributed by atoms with Gasteiger partial charge in [0.2, 0.25) is 11.6 Å². The molecule has 0 radical (unpaired) electrons. The van der Waals surface area contributed by atoms with E-state index in [1.165, 1.54) is 0 Å². The lowest BCUT2D eigenvalue weighted by atomic mass is 9.84. The van der Waals surface area contributed by atoms with Crippen LogP contribution in [0.1, 0.15) is 0 Å². The van der Waals surface area contributed by atoms with Crippen LogP contribution in [0.3, 0.4) is 0 Å². The molecule has 0 spiro atoms. The molecule has 0 unspecified atom stereocenters. The van der Waals surface area contributed by atoms with Gasteiger partial charge in [0.1, 0.15) is 5.82 Å². The van der Waals surface area contributed by atoms with Gasteiger partial charge < -0.3 is 4.74 Å². The Morgan fingerprint density at radius 1 is 0.462 bits per heavy atom. The lowest BCUT2D eigenvalue weighted by Crippen LogP contribution is -2.07. The number of benzene rings is 5. The van der Waals surface area contributed by atoms with Crippen LogP contribution >= 0.6 is 0 Å². The lowest BCUT2D eigenvalue weighted by molar-refractivity contribution is 0.334. The number of hydrogen-bond donors (Lipinski definition) is 0. The van der Waals surface area contributed by atoms with Gasteiger partial charge >= 0.3 is 0 Å². The van der Waals surface area contributed by atoms with Crippen LogP contribution in [-0.4, -0.2) is 7.11 Å². The summed E-state index contributed by atoms with van der Waals surface area (Å²) in [6, 6.07) is 3.90. The van der Waals surface area contributed by atoms with E-state index in [0.29, 0.717) is 25.3 Å². The van der Waals surface area contributed by atoms with Crippen LogP contribution in [0.2, 0.25) is 0 Å². The normalized spacial score (nSPS) is 11.6. The number of hydrogen-bond acceptors (Lipinski definition) is 1. The zero-order chi connectivity index (χ0) is 28.5. The van der Waals surface area contributed by atoms with Gasteiger partial charge in [0.15, 0.2) is 52.3 Å². The van der Waals surface area contributed by atoms with Crippen molar-refractivity contribution in [2.45, 2.75) is 0 Å². The van der Waals surface area contributed by atoms with Crippen molar-refractivity contribution in [2.24, 2.45) is 0 Å². The lowest BCUT2D eigenvalue weighted by Gasteiger charge is -2.20. The molecule has 0 aliphatic heterocycles. The second-order valence-electron chi connectivity index (χ2n) is 8.24. The van der Waals surface area contributed by atoms with E-state index in [1.54, 1.807) is 0 Å². The molecule has 5 aromatic carbocycles. The molecule has 0 bridgehead atoms. The Hall–Kier alpha value is -4.35. The Bertz CT molecular complexity index is 1840. The number of rotatable bonds is 3. The molecule has 0 amide bonds. The third-order valence-corrected chi connectivity index (χ3v) is 6.17. The monoisotopic (exact) mass is 558 g/mol. The highest BCUT2D eigenvalue weighted by molar-refractivity contribution is 6.21. The van der Waals surface area contributed by atoms with Crippen molar-refractivity contribution in [3.63, 3.8) is 0 Å². The number of fused-ring (bicyclic) bond motifs is 2. The molecule has 0 atom stereocenters. The van der Waals surface area contributed by atoms with Crippen molar-refractivity contribution in [1.82, 2.24) is 0 Å². The maximum Gasteiger partial charge on any atom is 0.204 e. The van der Waals surface area contributed by atoms with E-state index >= 15 is 17.6 Å². The molecule has 0 heterocycles. The third kappa shape index (κ3) is 3.68. The Morgan fingerprint density at radius 3 is 1.56 bits per heavy atom. The maximum absolute atomic E-state index is 15.4. The van der Waals surface area contributed by atoms with Gasteiger partial charge in [-0.05, 0) is 40.6 Å². The van der Waals surface area contributed by atoms with Crippen molar-refractivity contribution in [3.05, 3.63) is 100 Å². The molecule has 0 aromatic heterocycles. The summed E-state index contributed by atoms with van der Waals surface area (Å²) in [7, 11) is 0.671. The highest BCUT2D eigenvalue weighted by atomic mass is 19.2. The zero-order valence-corrected chi connectivity index (χ0v) is 19.0. The quantitative estimate of drug-likeness (QED) is 0.0931. The van der Waals surface area contributed by atoms with E-state index < -0.39 is 114 Å². The minimum absolute atomic E-state index is 0.471. The first kappa shape index (κ1) is 26.3. The van der Waals surface area contributed by atoms with E-state index in [1.807, 2.05) is 0 Å². The molecule has 5 rings (SSSR count). The first-order valence-corrected chi connectivity index (χ1v) is 10.7. The minimum Gasteiger partial charge on any atom is -0.491 e. The van der Waals surface area contributed by atoms with Gasteiger partial charge in [0.05, 0.1) is 12.7 Å². The summed E-state index contributed by atoms with van der Waals surface area (Å²) in [5.41, 5.74) is -4.17. The van der Waals surface area contributed by atoms with Gasteiger partial charge in [-0.15, -0.1) is 0 Å². The van der Waals surface area contributed by atoms with Crippen LogP contribution in [0.4, 0.5) is 48.3 Å². The fraction of sp³-hybridized carbons (Fsp3) is 0.0370. The third-order valence-electron chi connectivity index (χ3n) is 6.17. The van der Waals surface area contributed by atoms with Crippen LogP contribution in [0, 0.1) is 64.0 Å². The Balaban J connectivity index is 2.17. The van der Waals surface area contributed by atoms with Gasteiger partial charge in [-0.3, -0.25) is 0 Å². The highest BCUT2D eigenvalue weighted by Crippen LogP contribution is 2.49. The van der Waals surface area contributed by atoms with Crippen LogP contribution < -0.4 is 4.74 Å². The molecule has 0 fully saturated rings. The van der Waals surface area contributed by atoms with E-state index in [4.69, 9.17) is 0 Å². The maximum atomic E-state index is 15.4. The molecule has 39 heavy (non-hydrogen) atoms. The molecule has 200 valence electrons. The highest BCUT2D eigenvalue weighted by Gasteiger charge is 2.34. The molecule has 1 nitrogen and oxygen atoms in total. The zero-order valence-electron chi connectivity index (χ0n) is 19.0. The van der Waals surface area contributed by atoms with Gasteiger partial charge in [-0.2, -0.15) is 8.78 Å². The Labute approximate surface area is 210 Å². The average molecular weight is 558 g/mol. The smallest absolute Gasteiger partial charge is 0.204 e. The van der Waals surface area contributed by atoms with E-state index in [9.17, 15) is 30.7 Å². The first-order chi connectivity index (χ1) is 18.4. The molecular formula is C27H9F11O. The summed E-state index contributed by atoms with van der Waals surface area (Å²) >= 11 is 0. The van der Waals surface area contributed by atoms with Gasteiger partial charge in [-0.1, -0.05) is 12.1 Å². The van der Waals surface area contributed by atoms with Gasteiger partial charge in [-0.25, -0.2) is 39.5 Å². The largest absolute Gasteiger partial charge is 0.491 e. The number of halogens is 11. The molecule has 0 N–H and O–H groups in total. The summed E-state index contributed by atoms with van der Waals surface area (Å²) < 4.78 is 166. The summed E-state index contributed by atoms with van der Waals surface area (Å²) in [6.07, 6.45) is 0. The molecule has 0 saturated heterocycles. The second-order valence-corrected chi connectivity index (χ2v) is 8.24. The Morgan fingerprint density at radius 2 is 1.03 bits per heavy atom. The van der Waals surface area contributed by atoms with Crippen molar-refractivity contribution in [2.75, 3.05) is 7.11 Å². The van der Waals surface area contributed by atoms with Crippen LogP contribution in [0.15, 0.2) is 36.4 Å². The van der Waals surface area contributed by atoms with Gasteiger partial charge in [0, 0.05) is 21.9 Å². The predicted molar refractivity (Wildman–Crippen MR) is 118 cm³/mol. The molecule has 5 aromatic rings. The molecule has 0 aliphatic rings. The fourth-order valence-electron chi connectivity index (χ4n) is 4.53. The van der Waals surface area contributed by atoms with E-state index in [-0.39, 0.29) is 0 Å². The molecule has 0 aliphatic carbocycles. The van der Waals surface area contributed by atoms with Crippen molar-refractivity contribution >= 4 is 21.5 Å². The predicted octanol–water partition coefficient (Wildman–Crippen LogP) is 8.87. The average Bonchev–Trinajstić information content (AvgIpc) is 2.91. The van der Waals surface area contributed by atoms with E-state index in [2.05, 4.69) is 4.74 Å². The van der Waals surface area contributed by atoms with Crippen LogP contribution in [0.25, 0.3) is 43.8 Å². The molecule has 12 heteroatoms. The van der Waals surface area contributed by atoms with Crippen molar-refractivity contribution in [1.29, 1.82) is 0 Å². The fourth-order valence-corrected chi connectivity index (χ4v) is 4.53. The summed E-state index contributed by atoms with van der Waals surface area (Å²) in [6.45, 7) is 0. The number of methoxy groups -OCH3 is 1.